The molecule has 3 rings (SSSR count). The van der Waals surface area contributed by atoms with E-state index in [1.165, 1.54) is 6.07 Å². The number of hydrogen-bond acceptors (Lipinski definition) is 6. The van der Waals surface area contributed by atoms with Gasteiger partial charge in [0.1, 0.15) is 5.69 Å². The SMILES string of the molecule is O=C(CC(c1ccccc1)c1ccccc1)NNc1ccc([N+](=O)[O-])cc1[N+](=O)[O-]. The number of amides is 1. The number of nitrogens with zero attached hydrogens (tertiary/aromatic N) is 2. The summed E-state index contributed by atoms with van der Waals surface area (Å²) in [4.78, 5) is 33.2. The largest absolute Gasteiger partial charge is 0.300 e. The Kier molecular flexibility index (Phi) is 6.33. The zero-order valence-corrected chi connectivity index (χ0v) is 15.7. The van der Waals surface area contributed by atoms with Crippen molar-refractivity contribution < 1.29 is 14.6 Å². The molecule has 3 aromatic rings. The highest BCUT2D eigenvalue weighted by atomic mass is 16.6. The third-order valence-corrected chi connectivity index (χ3v) is 4.52. The fourth-order valence-corrected chi connectivity index (χ4v) is 3.06. The van der Waals surface area contributed by atoms with Gasteiger partial charge in [-0.1, -0.05) is 60.7 Å². The minimum atomic E-state index is -0.752. The molecule has 30 heavy (non-hydrogen) atoms. The van der Waals surface area contributed by atoms with Gasteiger partial charge in [-0.25, -0.2) is 0 Å². The van der Waals surface area contributed by atoms with E-state index in [9.17, 15) is 25.0 Å². The predicted octanol–water partition coefficient (Wildman–Crippen LogP) is 4.17. The predicted molar refractivity (Wildman–Crippen MR) is 111 cm³/mol. The van der Waals surface area contributed by atoms with Gasteiger partial charge < -0.3 is 0 Å². The van der Waals surface area contributed by atoms with E-state index < -0.39 is 21.2 Å². The second-order valence-corrected chi connectivity index (χ2v) is 6.47. The number of nitro benzene ring substituents is 2. The lowest BCUT2D eigenvalue weighted by molar-refractivity contribution is -0.393. The third kappa shape index (κ3) is 4.96. The molecule has 0 atom stereocenters. The van der Waals surface area contributed by atoms with Crippen LogP contribution in [0, 0.1) is 20.2 Å². The van der Waals surface area contributed by atoms with Crippen LogP contribution in [0.25, 0.3) is 0 Å². The molecule has 0 aliphatic carbocycles. The molecule has 0 aliphatic rings. The molecule has 9 heteroatoms. The summed E-state index contributed by atoms with van der Waals surface area (Å²) in [6.45, 7) is 0. The molecule has 9 nitrogen and oxygen atoms in total. The van der Waals surface area contributed by atoms with Crippen molar-refractivity contribution in [3.8, 4) is 0 Å². The van der Waals surface area contributed by atoms with Crippen LogP contribution in [-0.4, -0.2) is 15.8 Å². The second-order valence-electron chi connectivity index (χ2n) is 6.47. The number of nitrogens with one attached hydrogen (secondary N) is 2. The monoisotopic (exact) mass is 406 g/mol. The molecule has 1 amide bonds. The van der Waals surface area contributed by atoms with Crippen LogP contribution >= 0.6 is 0 Å². The normalized spacial score (nSPS) is 10.4. The Labute approximate surface area is 171 Å². The fraction of sp³-hybridized carbons (Fsp3) is 0.0952. The molecule has 0 saturated heterocycles. The number of benzene rings is 3. The molecular formula is C21H18N4O5. The summed E-state index contributed by atoms with van der Waals surface area (Å²) in [5, 5.41) is 22.1. The Morgan fingerprint density at radius 1 is 0.833 bits per heavy atom. The molecule has 0 saturated carbocycles. The van der Waals surface area contributed by atoms with Gasteiger partial charge in [0.2, 0.25) is 5.91 Å². The highest BCUT2D eigenvalue weighted by molar-refractivity contribution is 5.80. The molecular weight excluding hydrogens is 388 g/mol. The summed E-state index contributed by atoms with van der Waals surface area (Å²) in [6.07, 6.45) is 0.0990. The zero-order valence-electron chi connectivity index (χ0n) is 15.7. The highest BCUT2D eigenvalue weighted by Crippen LogP contribution is 2.29. The van der Waals surface area contributed by atoms with E-state index in [0.717, 1.165) is 23.3 Å². The number of carbonyl (C=O) groups is 1. The van der Waals surface area contributed by atoms with E-state index in [1.807, 2.05) is 60.7 Å². The Morgan fingerprint density at radius 3 is 1.90 bits per heavy atom. The van der Waals surface area contributed by atoms with Gasteiger partial charge in [0.05, 0.1) is 15.9 Å². The first-order chi connectivity index (χ1) is 14.5. The number of carbonyl (C=O) groups excluding carboxylic acids is 1. The molecule has 0 bridgehead atoms. The van der Waals surface area contributed by atoms with E-state index in [1.54, 1.807) is 0 Å². The van der Waals surface area contributed by atoms with E-state index in [0.29, 0.717) is 0 Å². The van der Waals surface area contributed by atoms with E-state index >= 15 is 0 Å². The molecule has 0 heterocycles. The number of rotatable bonds is 8. The summed E-state index contributed by atoms with van der Waals surface area (Å²) < 4.78 is 0. The van der Waals surface area contributed by atoms with Crippen molar-refractivity contribution in [1.82, 2.24) is 5.43 Å². The van der Waals surface area contributed by atoms with E-state index in [2.05, 4.69) is 10.9 Å². The quantitative estimate of drug-likeness (QED) is 0.427. The van der Waals surface area contributed by atoms with Crippen molar-refractivity contribution in [2.45, 2.75) is 12.3 Å². The number of non-ortho nitro benzene ring substituents is 1. The minimum Gasteiger partial charge on any atom is -0.292 e. The number of nitro groups is 2. The molecule has 152 valence electrons. The first-order valence-electron chi connectivity index (χ1n) is 9.03. The highest BCUT2D eigenvalue weighted by Gasteiger charge is 2.21. The fourth-order valence-electron chi connectivity index (χ4n) is 3.06. The third-order valence-electron chi connectivity index (χ3n) is 4.52. The van der Waals surface area contributed by atoms with Gasteiger partial charge in [-0.15, -0.1) is 0 Å². The van der Waals surface area contributed by atoms with Gasteiger partial charge in [-0.05, 0) is 17.2 Å². The van der Waals surface area contributed by atoms with Crippen LogP contribution in [0.3, 0.4) is 0 Å². The van der Waals surface area contributed by atoms with Crippen LogP contribution < -0.4 is 10.9 Å². The lowest BCUT2D eigenvalue weighted by atomic mass is 9.88. The summed E-state index contributed by atoms with van der Waals surface area (Å²) in [7, 11) is 0. The van der Waals surface area contributed by atoms with Gasteiger partial charge in [-0.2, -0.15) is 0 Å². The first kappa shape index (κ1) is 20.5. The van der Waals surface area contributed by atoms with Crippen LogP contribution in [0.2, 0.25) is 0 Å². The van der Waals surface area contributed by atoms with Gasteiger partial charge in [0.25, 0.3) is 5.69 Å². The molecule has 0 aliphatic heterocycles. The maximum Gasteiger partial charge on any atom is 0.300 e. The van der Waals surface area contributed by atoms with Crippen molar-refractivity contribution in [3.63, 3.8) is 0 Å². The first-order valence-corrected chi connectivity index (χ1v) is 9.03. The Bertz CT molecular complexity index is 1020. The zero-order chi connectivity index (χ0) is 21.5. The lowest BCUT2D eigenvalue weighted by Crippen LogP contribution is -2.31. The van der Waals surface area contributed by atoms with Crippen LogP contribution in [0.5, 0.6) is 0 Å². The number of anilines is 1. The van der Waals surface area contributed by atoms with Crippen LogP contribution in [0.15, 0.2) is 78.9 Å². The summed E-state index contributed by atoms with van der Waals surface area (Å²) in [5.41, 5.74) is 5.91. The number of hydrogen-bond donors (Lipinski definition) is 2. The average Bonchev–Trinajstić information content (AvgIpc) is 2.77. The number of hydrazine groups is 1. The Hall–Kier alpha value is -4.27. The van der Waals surface area contributed by atoms with Crippen LogP contribution in [0.4, 0.5) is 17.1 Å². The molecule has 0 spiro atoms. The summed E-state index contributed by atoms with van der Waals surface area (Å²) in [5.74, 6) is -0.596. The van der Waals surface area contributed by atoms with Gasteiger partial charge in [-0.3, -0.25) is 35.9 Å². The van der Waals surface area contributed by atoms with Crippen molar-refractivity contribution >= 4 is 23.0 Å². The van der Waals surface area contributed by atoms with Crippen molar-refractivity contribution in [2.24, 2.45) is 0 Å². The standard InChI is InChI=1S/C21H18N4O5/c26-21(23-22-19-12-11-17(24(27)28)13-20(19)25(29)30)14-18(15-7-3-1-4-8-15)16-9-5-2-6-10-16/h1-13,18,22H,14H2,(H,23,26). The van der Waals surface area contributed by atoms with Gasteiger partial charge >= 0.3 is 5.69 Å². The van der Waals surface area contributed by atoms with E-state index in [-0.39, 0.29) is 23.9 Å². The smallest absolute Gasteiger partial charge is 0.292 e. The Balaban J connectivity index is 1.75. The maximum atomic E-state index is 12.6. The topological polar surface area (TPSA) is 127 Å². The molecule has 3 aromatic carbocycles. The van der Waals surface area contributed by atoms with Gasteiger partial charge in [0.15, 0.2) is 0 Å². The van der Waals surface area contributed by atoms with Crippen LogP contribution in [-0.2, 0) is 4.79 Å². The van der Waals surface area contributed by atoms with Crippen molar-refractivity contribution in [1.29, 1.82) is 0 Å². The maximum absolute atomic E-state index is 12.6. The molecule has 2 N–H and O–H groups in total. The van der Waals surface area contributed by atoms with Crippen molar-refractivity contribution in [3.05, 3.63) is 110 Å². The molecule has 0 fully saturated rings. The van der Waals surface area contributed by atoms with Crippen molar-refractivity contribution in [2.75, 3.05) is 5.43 Å². The molecule has 0 unspecified atom stereocenters. The molecule has 0 radical (unpaired) electrons. The summed E-state index contributed by atoms with van der Waals surface area (Å²) >= 11 is 0. The minimum absolute atomic E-state index is 0.0464. The van der Waals surface area contributed by atoms with Gasteiger partial charge in [0, 0.05) is 18.4 Å². The lowest BCUT2D eigenvalue weighted by Gasteiger charge is -2.18. The average molecular weight is 406 g/mol. The van der Waals surface area contributed by atoms with Crippen LogP contribution in [0.1, 0.15) is 23.5 Å². The molecule has 0 aromatic heterocycles. The Morgan fingerprint density at radius 2 is 1.40 bits per heavy atom. The van der Waals surface area contributed by atoms with E-state index in [4.69, 9.17) is 0 Å². The summed E-state index contributed by atoms with van der Waals surface area (Å²) in [6, 6.07) is 22.2. The second kappa shape index (κ2) is 9.28.